The first-order chi connectivity index (χ1) is 8.06. The van der Waals surface area contributed by atoms with Gasteiger partial charge < -0.3 is 4.42 Å². The Balaban J connectivity index is 2.21. The standard InChI is InChI=1S/C12H7Br2FO2/c13-8-1-2-9(15)7(5-8)6-10(16)11-3-4-12(14)17-11/h1-5H,6H2. The lowest BCUT2D eigenvalue weighted by Gasteiger charge is -2.01. The highest BCUT2D eigenvalue weighted by molar-refractivity contribution is 9.10. The molecule has 0 spiro atoms. The molecule has 0 amide bonds. The van der Waals surface area contributed by atoms with Crippen molar-refractivity contribution in [1.82, 2.24) is 0 Å². The molecule has 1 heterocycles. The Morgan fingerprint density at radius 1 is 1.24 bits per heavy atom. The summed E-state index contributed by atoms with van der Waals surface area (Å²) in [7, 11) is 0. The zero-order chi connectivity index (χ0) is 12.4. The smallest absolute Gasteiger partial charge is 0.202 e. The normalized spacial score (nSPS) is 10.5. The van der Waals surface area contributed by atoms with Crippen molar-refractivity contribution in [1.29, 1.82) is 0 Å². The second kappa shape index (κ2) is 5.14. The number of carbonyl (C=O) groups excluding carboxylic acids is 1. The maximum Gasteiger partial charge on any atom is 0.202 e. The zero-order valence-corrected chi connectivity index (χ0v) is 11.7. The molecule has 0 atom stereocenters. The van der Waals surface area contributed by atoms with Gasteiger partial charge in [0.25, 0.3) is 0 Å². The zero-order valence-electron chi connectivity index (χ0n) is 8.54. The number of rotatable bonds is 3. The Bertz CT molecular complexity index is 563. The lowest BCUT2D eigenvalue weighted by molar-refractivity contribution is 0.0964. The van der Waals surface area contributed by atoms with E-state index in [1.54, 1.807) is 24.3 Å². The molecular weight excluding hydrogens is 355 g/mol. The Morgan fingerprint density at radius 2 is 2.00 bits per heavy atom. The van der Waals surface area contributed by atoms with Gasteiger partial charge in [0.2, 0.25) is 5.78 Å². The van der Waals surface area contributed by atoms with Crippen LogP contribution in [0.1, 0.15) is 16.1 Å². The summed E-state index contributed by atoms with van der Waals surface area (Å²) in [5.41, 5.74) is 0.344. The number of Topliss-reactive ketones (excluding diaryl/α,β-unsaturated/α-hetero) is 1. The maximum atomic E-state index is 13.4. The maximum absolute atomic E-state index is 13.4. The van der Waals surface area contributed by atoms with Crippen LogP contribution in [0.25, 0.3) is 0 Å². The molecule has 0 N–H and O–H groups in total. The SMILES string of the molecule is O=C(Cc1cc(Br)ccc1F)c1ccc(Br)o1. The third-order valence-electron chi connectivity index (χ3n) is 2.21. The van der Waals surface area contributed by atoms with Crippen molar-refractivity contribution in [2.45, 2.75) is 6.42 Å². The molecule has 1 aromatic carbocycles. The number of hydrogen-bond acceptors (Lipinski definition) is 2. The van der Waals surface area contributed by atoms with Gasteiger partial charge in [0.05, 0.1) is 0 Å². The van der Waals surface area contributed by atoms with E-state index in [4.69, 9.17) is 4.42 Å². The molecule has 17 heavy (non-hydrogen) atoms. The predicted molar refractivity (Wildman–Crippen MR) is 68.5 cm³/mol. The summed E-state index contributed by atoms with van der Waals surface area (Å²) in [5.74, 6) is -0.434. The molecule has 5 heteroatoms. The fourth-order valence-electron chi connectivity index (χ4n) is 1.40. The van der Waals surface area contributed by atoms with Gasteiger partial charge in [0.15, 0.2) is 10.4 Å². The van der Waals surface area contributed by atoms with Crippen molar-refractivity contribution >= 4 is 37.6 Å². The van der Waals surface area contributed by atoms with Crippen LogP contribution < -0.4 is 0 Å². The van der Waals surface area contributed by atoms with Gasteiger partial charge in [-0.25, -0.2) is 4.39 Å². The van der Waals surface area contributed by atoms with E-state index >= 15 is 0 Å². The van der Waals surface area contributed by atoms with Crippen LogP contribution in [-0.4, -0.2) is 5.78 Å². The molecule has 1 aromatic heterocycles. The molecule has 0 fully saturated rings. The molecule has 2 rings (SSSR count). The van der Waals surface area contributed by atoms with E-state index in [0.717, 1.165) is 4.47 Å². The van der Waals surface area contributed by atoms with Crippen molar-refractivity contribution in [3.63, 3.8) is 0 Å². The highest BCUT2D eigenvalue weighted by Gasteiger charge is 2.14. The van der Waals surface area contributed by atoms with E-state index < -0.39 is 5.82 Å². The minimum Gasteiger partial charge on any atom is -0.446 e. The number of halogens is 3. The Hall–Kier alpha value is -0.940. The van der Waals surface area contributed by atoms with Gasteiger partial charge in [-0.2, -0.15) is 0 Å². The van der Waals surface area contributed by atoms with Crippen LogP contribution in [-0.2, 0) is 6.42 Å². The molecule has 2 aromatic rings. The summed E-state index contributed by atoms with van der Waals surface area (Å²) < 4.78 is 19.8. The minimum absolute atomic E-state index is 0.0226. The summed E-state index contributed by atoms with van der Waals surface area (Å²) in [4.78, 5) is 11.8. The summed E-state index contributed by atoms with van der Waals surface area (Å²) in [6.07, 6.45) is -0.0226. The summed E-state index contributed by atoms with van der Waals surface area (Å²) in [6, 6.07) is 7.69. The van der Waals surface area contributed by atoms with E-state index in [0.29, 0.717) is 10.2 Å². The first-order valence-corrected chi connectivity index (χ1v) is 6.37. The van der Waals surface area contributed by atoms with Crippen LogP contribution in [0.3, 0.4) is 0 Å². The van der Waals surface area contributed by atoms with Gasteiger partial charge in [0.1, 0.15) is 5.82 Å². The number of hydrogen-bond donors (Lipinski definition) is 0. The van der Waals surface area contributed by atoms with Gasteiger partial charge in [-0.05, 0) is 51.8 Å². The van der Waals surface area contributed by atoms with Crippen molar-refractivity contribution in [2.24, 2.45) is 0 Å². The first-order valence-electron chi connectivity index (χ1n) is 4.79. The van der Waals surface area contributed by atoms with E-state index in [1.165, 1.54) is 6.07 Å². The number of furan rings is 1. The molecule has 0 unspecified atom stereocenters. The fraction of sp³-hybridized carbons (Fsp3) is 0.0833. The van der Waals surface area contributed by atoms with Crippen molar-refractivity contribution in [3.05, 3.63) is 56.6 Å². The Kier molecular flexibility index (Phi) is 3.79. The summed E-state index contributed by atoms with van der Waals surface area (Å²) >= 11 is 6.35. The van der Waals surface area contributed by atoms with E-state index in [1.807, 2.05) is 0 Å². The van der Waals surface area contributed by atoms with Gasteiger partial charge in [-0.15, -0.1) is 0 Å². The molecule has 0 saturated heterocycles. The van der Waals surface area contributed by atoms with E-state index in [2.05, 4.69) is 31.9 Å². The van der Waals surface area contributed by atoms with Gasteiger partial charge in [0, 0.05) is 10.9 Å². The van der Waals surface area contributed by atoms with Crippen molar-refractivity contribution in [2.75, 3.05) is 0 Å². The van der Waals surface area contributed by atoms with Gasteiger partial charge >= 0.3 is 0 Å². The van der Waals surface area contributed by atoms with Crippen LogP contribution in [0.5, 0.6) is 0 Å². The summed E-state index contributed by atoms with van der Waals surface area (Å²) in [5, 5.41) is 0. The molecule has 2 nitrogen and oxygen atoms in total. The average molecular weight is 362 g/mol. The van der Waals surface area contributed by atoms with Crippen LogP contribution in [0.2, 0.25) is 0 Å². The third kappa shape index (κ3) is 3.04. The number of benzene rings is 1. The van der Waals surface area contributed by atoms with E-state index in [-0.39, 0.29) is 18.0 Å². The highest BCUT2D eigenvalue weighted by atomic mass is 79.9. The fourth-order valence-corrected chi connectivity index (χ4v) is 2.12. The lowest BCUT2D eigenvalue weighted by Crippen LogP contribution is -2.04. The van der Waals surface area contributed by atoms with Gasteiger partial charge in [-0.3, -0.25) is 4.79 Å². The Labute approximate surface area is 114 Å². The molecule has 88 valence electrons. The molecular formula is C12H7Br2FO2. The lowest BCUT2D eigenvalue weighted by atomic mass is 10.1. The third-order valence-corrected chi connectivity index (χ3v) is 3.13. The quantitative estimate of drug-likeness (QED) is 0.760. The van der Waals surface area contributed by atoms with Crippen molar-refractivity contribution < 1.29 is 13.6 Å². The largest absolute Gasteiger partial charge is 0.446 e. The van der Waals surface area contributed by atoms with Crippen LogP contribution in [0.4, 0.5) is 4.39 Å². The number of carbonyl (C=O) groups is 1. The Morgan fingerprint density at radius 3 is 2.65 bits per heavy atom. The first kappa shape index (κ1) is 12.5. The second-order valence-corrected chi connectivity index (χ2v) is 5.14. The molecule has 0 radical (unpaired) electrons. The average Bonchev–Trinajstić information content (AvgIpc) is 2.70. The second-order valence-electron chi connectivity index (χ2n) is 3.44. The minimum atomic E-state index is -0.396. The monoisotopic (exact) mass is 360 g/mol. The molecule has 0 aliphatic rings. The van der Waals surface area contributed by atoms with Crippen molar-refractivity contribution in [3.8, 4) is 0 Å². The number of ketones is 1. The molecule has 0 bridgehead atoms. The van der Waals surface area contributed by atoms with E-state index in [9.17, 15) is 9.18 Å². The highest BCUT2D eigenvalue weighted by Crippen LogP contribution is 2.19. The molecule has 0 aliphatic heterocycles. The van der Waals surface area contributed by atoms with Gasteiger partial charge in [-0.1, -0.05) is 15.9 Å². The predicted octanol–water partition coefficient (Wildman–Crippen LogP) is 4.37. The molecule has 0 saturated carbocycles. The summed E-state index contributed by atoms with van der Waals surface area (Å²) in [6.45, 7) is 0. The molecule has 0 aliphatic carbocycles. The van der Waals surface area contributed by atoms with Crippen LogP contribution in [0.15, 0.2) is 43.9 Å². The van der Waals surface area contributed by atoms with Crippen LogP contribution in [0, 0.1) is 5.82 Å². The van der Waals surface area contributed by atoms with Crippen LogP contribution >= 0.6 is 31.9 Å². The topological polar surface area (TPSA) is 30.2 Å².